The normalized spacial score (nSPS) is 23.1. The van der Waals surface area contributed by atoms with Crippen LogP contribution in [0.5, 0.6) is 5.88 Å². The molecule has 1 aromatic carbocycles. The molecule has 1 aliphatic rings. The summed E-state index contributed by atoms with van der Waals surface area (Å²) in [6.45, 7) is 4.32. The van der Waals surface area contributed by atoms with E-state index in [1.165, 1.54) is 42.7 Å². The number of rotatable bonds is 7. The number of aromatic nitrogens is 3. The lowest BCUT2D eigenvalue weighted by Gasteiger charge is -2.46. The van der Waals surface area contributed by atoms with E-state index in [0.29, 0.717) is 11.5 Å². The lowest BCUT2D eigenvalue weighted by Crippen LogP contribution is -2.50. The number of anilines is 1. The number of ether oxygens (including phenoxy) is 1. The molecule has 192 valence electrons. The number of hydrogen-bond donors (Lipinski definition) is 2. The second kappa shape index (κ2) is 10.2. The zero-order valence-electron chi connectivity index (χ0n) is 20.3. The summed E-state index contributed by atoms with van der Waals surface area (Å²) >= 11 is 1.20. The minimum absolute atomic E-state index is 0.00781. The highest BCUT2D eigenvalue weighted by Crippen LogP contribution is 2.56. The van der Waals surface area contributed by atoms with E-state index in [-0.39, 0.29) is 34.6 Å². The first kappa shape index (κ1) is 26.1. The predicted molar refractivity (Wildman–Crippen MR) is 135 cm³/mol. The molecular weight excluding hydrogens is 502 g/mol. The zero-order chi connectivity index (χ0) is 26.8. The topological polar surface area (TPSA) is 129 Å². The monoisotopic (exact) mass is 526 g/mol. The number of carbonyl (C=O) groups excluding carboxylic acids is 1. The average Bonchev–Trinajstić information content (AvgIpc) is 3.33. The minimum atomic E-state index is -1.69. The number of amidine groups is 1. The lowest BCUT2D eigenvalue weighted by atomic mass is 9.72. The van der Waals surface area contributed by atoms with E-state index >= 15 is 4.39 Å². The second-order valence-corrected chi connectivity index (χ2v) is 10.1. The molecule has 3 heterocycles. The van der Waals surface area contributed by atoms with E-state index in [9.17, 15) is 9.18 Å². The quantitative estimate of drug-likeness (QED) is 0.443. The van der Waals surface area contributed by atoms with Crippen LogP contribution in [0.15, 0.2) is 46.4 Å². The van der Waals surface area contributed by atoms with E-state index < -0.39 is 34.6 Å². The van der Waals surface area contributed by atoms with Gasteiger partial charge in [0.15, 0.2) is 18.2 Å². The van der Waals surface area contributed by atoms with Gasteiger partial charge in [0.05, 0.1) is 22.8 Å². The SMILES string of the molecule is C#CCOc1cnc(C(=O)Nc2ccc(F)c([C@@]3(CF)N=C(N)S[C@](C)(c4ocnc4C)C3C)c2)cn1. The van der Waals surface area contributed by atoms with Gasteiger partial charge < -0.3 is 20.2 Å². The fraction of sp³-hybridized carbons (Fsp3) is 0.320. The predicted octanol–water partition coefficient (Wildman–Crippen LogP) is 3.95. The van der Waals surface area contributed by atoms with Crippen LogP contribution in [0.4, 0.5) is 14.5 Å². The molecule has 1 aliphatic heterocycles. The number of nitrogens with one attached hydrogen (secondary N) is 1. The summed E-state index contributed by atoms with van der Waals surface area (Å²) < 4.78 is 40.1. The van der Waals surface area contributed by atoms with E-state index in [4.69, 9.17) is 21.3 Å². The van der Waals surface area contributed by atoms with Crippen LogP contribution in [0.2, 0.25) is 0 Å². The van der Waals surface area contributed by atoms with Gasteiger partial charge in [0, 0.05) is 17.2 Å². The highest BCUT2D eigenvalue weighted by molar-refractivity contribution is 8.14. The largest absolute Gasteiger partial charge is 0.463 e. The number of halogens is 2. The molecule has 1 unspecified atom stereocenters. The van der Waals surface area contributed by atoms with Crippen molar-refractivity contribution in [2.45, 2.75) is 31.1 Å². The molecule has 2 aromatic heterocycles. The molecule has 4 rings (SSSR count). The summed E-state index contributed by atoms with van der Waals surface area (Å²) in [7, 11) is 0. The second-order valence-electron chi connectivity index (χ2n) is 8.59. The number of aliphatic imine (C=N–C) groups is 1. The Bertz CT molecular complexity index is 1390. The maximum absolute atomic E-state index is 15.3. The van der Waals surface area contributed by atoms with Crippen molar-refractivity contribution in [3.8, 4) is 18.2 Å². The molecule has 3 aromatic rings. The van der Waals surface area contributed by atoms with Gasteiger partial charge in [0.2, 0.25) is 5.88 Å². The molecule has 0 fully saturated rings. The molecule has 3 N–H and O–H groups in total. The maximum Gasteiger partial charge on any atom is 0.275 e. The summed E-state index contributed by atoms with van der Waals surface area (Å²) in [5, 5.41) is 2.71. The summed E-state index contributed by atoms with van der Waals surface area (Å²) in [5.74, 6) is 1.02. The zero-order valence-corrected chi connectivity index (χ0v) is 21.1. The van der Waals surface area contributed by atoms with E-state index in [1.54, 1.807) is 13.8 Å². The van der Waals surface area contributed by atoms with Gasteiger partial charge in [-0.3, -0.25) is 4.79 Å². The van der Waals surface area contributed by atoms with Crippen LogP contribution in [-0.2, 0) is 10.3 Å². The molecule has 37 heavy (non-hydrogen) atoms. The number of nitrogens with two attached hydrogens (primary N) is 1. The molecule has 0 bridgehead atoms. The van der Waals surface area contributed by atoms with Crippen LogP contribution in [0.3, 0.4) is 0 Å². The highest BCUT2D eigenvalue weighted by Gasteiger charge is 2.55. The number of aryl methyl sites for hydroxylation is 1. The third kappa shape index (κ3) is 4.74. The van der Waals surface area contributed by atoms with E-state index in [1.807, 2.05) is 6.92 Å². The van der Waals surface area contributed by atoms with Gasteiger partial charge in [0.1, 0.15) is 29.5 Å². The Morgan fingerprint density at radius 3 is 2.76 bits per heavy atom. The summed E-state index contributed by atoms with van der Waals surface area (Å²) in [6.07, 6.45) is 8.91. The third-order valence-electron chi connectivity index (χ3n) is 6.42. The summed E-state index contributed by atoms with van der Waals surface area (Å²) in [4.78, 5) is 29.3. The Morgan fingerprint density at radius 1 is 1.35 bits per heavy atom. The van der Waals surface area contributed by atoms with E-state index in [0.717, 1.165) is 6.07 Å². The molecule has 1 amide bonds. The number of nitrogens with zero attached hydrogens (tertiary/aromatic N) is 4. The highest BCUT2D eigenvalue weighted by atomic mass is 32.2. The van der Waals surface area contributed by atoms with Gasteiger partial charge >= 0.3 is 0 Å². The average molecular weight is 527 g/mol. The first-order valence-corrected chi connectivity index (χ1v) is 12.0. The van der Waals surface area contributed by atoms with Crippen molar-refractivity contribution >= 4 is 28.5 Å². The molecule has 9 nitrogen and oxygen atoms in total. The number of thioether (sulfide) groups is 1. The molecule has 0 saturated carbocycles. The van der Waals surface area contributed by atoms with Crippen molar-refractivity contribution in [3.05, 3.63) is 65.5 Å². The molecule has 3 atom stereocenters. The van der Waals surface area contributed by atoms with Gasteiger partial charge in [-0.15, -0.1) is 6.42 Å². The van der Waals surface area contributed by atoms with Gasteiger partial charge in [-0.05, 0) is 32.0 Å². The maximum atomic E-state index is 15.3. The number of benzene rings is 1. The molecule has 0 saturated heterocycles. The lowest BCUT2D eigenvalue weighted by molar-refractivity contribution is 0.102. The standard InChI is InChI=1S/C25H24F2N6O3S/c1-5-8-35-20-11-29-19(10-30-20)22(34)32-16-6-7-18(27)17(9-16)25(12-26)15(3)24(4,37-23(28)33-25)21-14(2)31-13-36-21/h1,6-7,9-11,13,15H,8,12H2,2-4H3,(H2,28,33)(H,32,34)/t15?,24-,25-/m0/s1. The summed E-state index contributed by atoms with van der Waals surface area (Å²) in [6, 6.07) is 3.85. The molecular formula is C25H24F2N6O3S. The Hall–Kier alpha value is -3.98. The molecule has 12 heteroatoms. The van der Waals surface area contributed by atoms with Crippen LogP contribution in [0.1, 0.15) is 41.4 Å². The first-order valence-electron chi connectivity index (χ1n) is 11.1. The van der Waals surface area contributed by atoms with Crippen molar-refractivity contribution in [1.29, 1.82) is 0 Å². The number of oxazole rings is 1. The molecule has 0 radical (unpaired) electrons. The summed E-state index contributed by atoms with van der Waals surface area (Å²) in [5.41, 5.74) is 5.22. The van der Waals surface area contributed by atoms with Crippen LogP contribution >= 0.6 is 11.8 Å². The first-order chi connectivity index (χ1) is 17.6. The van der Waals surface area contributed by atoms with Crippen molar-refractivity contribution in [2.75, 3.05) is 18.6 Å². The van der Waals surface area contributed by atoms with Crippen LogP contribution in [0, 0.1) is 31.0 Å². The number of carbonyl (C=O) groups is 1. The smallest absolute Gasteiger partial charge is 0.275 e. The Morgan fingerprint density at radius 2 is 2.14 bits per heavy atom. The Balaban J connectivity index is 1.68. The van der Waals surface area contributed by atoms with Crippen molar-refractivity contribution in [3.63, 3.8) is 0 Å². The Kier molecular flexibility index (Phi) is 7.18. The van der Waals surface area contributed by atoms with Crippen molar-refractivity contribution in [1.82, 2.24) is 15.0 Å². The molecule has 0 spiro atoms. The van der Waals surface area contributed by atoms with Gasteiger partial charge in [-0.2, -0.15) is 0 Å². The van der Waals surface area contributed by atoms with E-state index in [2.05, 4.69) is 31.2 Å². The van der Waals surface area contributed by atoms with Crippen LogP contribution < -0.4 is 15.8 Å². The number of hydrogen-bond acceptors (Lipinski definition) is 9. The fourth-order valence-electron chi connectivity index (χ4n) is 4.36. The fourth-order valence-corrected chi connectivity index (χ4v) is 5.67. The van der Waals surface area contributed by atoms with Gasteiger partial charge in [-0.25, -0.2) is 28.7 Å². The van der Waals surface area contributed by atoms with Crippen LogP contribution in [0.25, 0.3) is 0 Å². The number of alkyl halides is 1. The third-order valence-corrected chi connectivity index (χ3v) is 7.69. The van der Waals surface area contributed by atoms with Crippen LogP contribution in [-0.4, -0.2) is 39.3 Å². The number of terminal acetylenes is 1. The number of amides is 1. The van der Waals surface area contributed by atoms with Crippen molar-refractivity contribution < 1.29 is 22.7 Å². The minimum Gasteiger partial charge on any atom is -0.463 e. The van der Waals surface area contributed by atoms with Gasteiger partial charge in [0.25, 0.3) is 5.91 Å². The van der Waals surface area contributed by atoms with Gasteiger partial charge in [-0.1, -0.05) is 24.6 Å². The Labute approximate surface area is 216 Å². The van der Waals surface area contributed by atoms with Crippen molar-refractivity contribution in [2.24, 2.45) is 16.6 Å². The molecule has 0 aliphatic carbocycles.